The number of aromatic nitrogens is 2. The number of amides is 1. The molecule has 1 aromatic rings. The van der Waals surface area contributed by atoms with Gasteiger partial charge in [0.05, 0.1) is 24.2 Å². The zero-order chi connectivity index (χ0) is 24.9. The summed E-state index contributed by atoms with van der Waals surface area (Å²) in [7, 11) is 0. The SMILES string of the molecule is CCCSc1nc(NC2CCC(OCCO)C2)c([N+](=O)[O-])c(N(C(=O)OC(C)(C)C)C2CC2)n1. The highest BCUT2D eigenvalue weighted by atomic mass is 32.2. The Balaban J connectivity index is 1.97. The number of hydrogen-bond donors (Lipinski definition) is 2. The molecule has 2 aliphatic carbocycles. The van der Waals surface area contributed by atoms with Crippen molar-refractivity contribution in [3.8, 4) is 0 Å². The summed E-state index contributed by atoms with van der Waals surface area (Å²) >= 11 is 1.40. The summed E-state index contributed by atoms with van der Waals surface area (Å²) in [5, 5.41) is 24.9. The van der Waals surface area contributed by atoms with Crippen LogP contribution in [0.2, 0.25) is 0 Å². The number of nitrogens with zero attached hydrogens (tertiary/aromatic N) is 4. The fraction of sp³-hybridized carbons (Fsp3) is 0.773. The Labute approximate surface area is 204 Å². The smallest absolute Gasteiger partial charge is 0.416 e. The van der Waals surface area contributed by atoms with Crippen molar-refractivity contribution in [2.24, 2.45) is 0 Å². The van der Waals surface area contributed by atoms with Crippen LogP contribution < -0.4 is 10.2 Å². The third kappa shape index (κ3) is 7.16. The molecular weight excluding hydrogens is 462 g/mol. The lowest BCUT2D eigenvalue weighted by Crippen LogP contribution is -2.39. The number of thioether (sulfide) groups is 1. The van der Waals surface area contributed by atoms with Crippen LogP contribution in [0.1, 0.15) is 66.2 Å². The van der Waals surface area contributed by atoms with E-state index >= 15 is 0 Å². The Kier molecular flexibility index (Phi) is 8.94. The first-order chi connectivity index (χ1) is 16.1. The summed E-state index contributed by atoms with van der Waals surface area (Å²) < 4.78 is 11.2. The number of carbonyl (C=O) groups excluding carboxylic acids is 1. The molecule has 2 N–H and O–H groups in total. The molecule has 2 aliphatic rings. The van der Waals surface area contributed by atoms with Gasteiger partial charge in [-0.1, -0.05) is 18.7 Å². The third-order valence-electron chi connectivity index (χ3n) is 5.36. The van der Waals surface area contributed by atoms with Crippen molar-refractivity contribution >= 4 is 35.2 Å². The van der Waals surface area contributed by atoms with E-state index in [1.807, 2.05) is 6.92 Å². The van der Waals surface area contributed by atoms with Gasteiger partial charge in [-0.2, -0.15) is 9.97 Å². The molecule has 1 aromatic heterocycles. The highest BCUT2D eigenvalue weighted by Crippen LogP contribution is 2.41. The van der Waals surface area contributed by atoms with Crippen LogP contribution in [0.5, 0.6) is 0 Å². The van der Waals surface area contributed by atoms with E-state index < -0.39 is 16.6 Å². The van der Waals surface area contributed by atoms with Crippen molar-refractivity contribution in [1.29, 1.82) is 0 Å². The normalized spacial score (nSPS) is 20.3. The first kappa shape index (κ1) is 26.4. The second-order valence-corrected chi connectivity index (χ2v) is 10.6. The highest BCUT2D eigenvalue weighted by Gasteiger charge is 2.43. The number of hydrogen-bond acceptors (Lipinski definition) is 10. The van der Waals surface area contributed by atoms with Crippen molar-refractivity contribution < 1.29 is 24.3 Å². The molecule has 0 saturated heterocycles. The van der Waals surface area contributed by atoms with Crippen LogP contribution >= 0.6 is 11.8 Å². The molecule has 2 unspecified atom stereocenters. The summed E-state index contributed by atoms with van der Waals surface area (Å²) in [4.78, 5) is 35.1. The zero-order valence-corrected chi connectivity index (χ0v) is 21.1. The van der Waals surface area contributed by atoms with E-state index in [2.05, 4.69) is 15.3 Å². The summed E-state index contributed by atoms with van der Waals surface area (Å²) in [5.74, 6) is 0.826. The maximum Gasteiger partial charge on any atom is 0.416 e. The minimum absolute atomic E-state index is 0.0241. The number of nitro groups is 1. The van der Waals surface area contributed by atoms with Crippen molar-refractivity contribution in [2.45, 2.75) is 95.2 Å². The number of aliphatic hydroxyl groups is 1. The fourth-order valence-corrected chi connectivity index (χ4v) is 4.50. The van der Waals surface area contributed by atoms with Gasteiger partial charge in [-0.15, -0.1) is 0 Å². The summed E-state index contributed by atoms with van der Waals surface area (Å²) in [6.07, 6.45) is 3.85. The van der Waals surface area contributed by atoms with Gasteiger partial charge < -0.3 is 19.9 Å². The molecule has 190 valence electrons. The van der Waals surface area contributed by atoms with Crippen LogP contribution in [-0.4, -0.2) is 68.8 Å². The van der Waals surface area contributed by atoms with Crippen LogP contribution in [0.15, 0.2) is 5.16 Å². The maximum absolute atomic E-state index is 13.1. The first-order valence-electron chi connectivity index (χ1n) is 11.8. The Hall–Kier alpha value is -2.18. The lowest BCUT2D eigenvalue weighted by molar-refractivity contribution is -0.383. The van der Waals surface area contributed by atoms with Gasteiger partial charge in [-0.05, 0) is 59.3 Å². The maximum atomic E-state index is 13.1. The van der Waals surface area contributed by atoms with E-state index in [-0.39, 0.29) is 48.7 Å². The molecule has 0 aliphatic heterocycles. The van der Waals surface area contributed by atoms with Crippen molar-refractivity contribution in [3.63, 3.8) is 0 Å². The molecule has 12 heteroatoms. The molecule has 2 fully saturated rings. The van der Waals surface area contributed by atoms with Gasteiger partial charge in [0.2, 0.25) is 11.6 Å². The first-order valence-corrected chi connectivity index (χ1v) is 12.8. The molecule has 34 heavy (non-hydrogen) atoms. The van der Waals surface area contributed by atoms with E-state index in [1.165, 1.54) is 16.7 Å². The summed E-state index contributed by atoms with van der Waals surface area (Å²) in [6, 6.07) is -0.270. The highest BCUT2D eigenvalue weighted by molar-refractivity contribution is 7.99. The zero-order valence-electron chi connectivity index (χ0n) is 20.3. The average Bonchev–Trinajstić information content (AvgIpc) is 3.47. The standard InChI is InChI=1S/C22H35N5O6S/c1-5-12-34-20-24-18(23-14-6-9-16(13-14)32-11-10-28)17(27(30)31)19(25-20)26(15-7-8-15)21(29)33-22(2,3)4/h14-16,28H,5-13H2,1-4H3,(H,23,24,25). The molecule has 0 spiro atoms. The number of ether oxygens (including phenoxy) is 2. The number of aliphatic hydroxyl groups excluding tert-OH is 1. The predicted molar refractivity (Wildman–Crippen MR) is 130 cm³/mol. The molecule has 3 rings (SSSR count). The molecular formula is C22H35N5O6S. The monoisotopic (exact) mass is 497 g/mol. The van der Waals surface area contributed by atoms with Gasteiger partial charge >= 0.3 is 11.8 Å². The molecule has 0 aromatic carbocycles. The number of anilines is 2. The molecule has 11 nitrogen and oxygen atoms in total. The van der Waals surface area contributed by atoms with Crippen LogP contribution in [-0.2, 0) is 9.47 Å². The minimum atomic E-state index is -0.750. The van der Waals surface area contributed by atoms with E-state index in [0.29, 0.717) is 11.6 Å². The Morgan fingerprint density at radius 3 is 2.62 bits per heavy atom. The molecule has 0 radical (unpaired) electrons. The van der Waals surface area contributed by atoms with Crippen LogP contribution in [0.25, 0.3) is 0 Å². The topological polar surface area (TPSA) is 140 Å². The lowest BCUT2D eigenvalue weighted by Gasteiger charge is -2.27. The quantitative estimate of drug-likeness (QED) is 0.198. The number of carbonyl (C=O) groups is 1. The van der Waals surface area contributed by atoms with Gasteiger partial charge in [0.15, 0.2) is 5.16 Å². The average molecular weight is 498 g/mol. The van der Waals surface area contributed by atoms with Crippen molar-refractivity contribution in [3.05, 3.63) is 10.1 Å². The predicted octanol–water partition coefficient (Wildman–Crippen LogP) is 4.13. The summed E-state index contributed by atoms with van der Waals surface area (Å²) in [5.41, 5.74) is -1.07. The van der Waals surface area contributed by atoms with Crippen LogP contribution in [0, 0.1) is 10.1 Å². The number of rotatable bonds is 11. The van der Waals surface area contributed by atoms with Crippen molar-refractivity contribution in [2.75, 3.05) is 29.2 Å². The fourth-order valence-electron chi connectivity index (χ4n) is 3.81. The van der Waals surface area contributed by atoms with E-state index in [1.54, 1.807) is 20.8 Å². The van der Waals surface area contributed by atoms with E-state index in [9.17, 15) is 14.9 Å². The van der Waals surface area contributed by atoms with Crippen LogP contribution in [0.3, 0.4) is 0 Å². The van der Waals surface area contributed by atoms with Gasteiger partial charge in [0.25, 0.3) is 0 Å². The Morgan fingerprint density at radius 1 is 1.29 bits per heavy atom. The summed E-state index contributed by atoms with van der Waals surface area (Å²) in [6.45, 7) is 7.52. The second-order valence-electron chi connectivity index (χ2n) is 9.58. The molecule has 0 bridgehead atoms. The number of nitrogens with one attached hydrogen (secondary N) is 1. The Bertz CT molecular complexity index is 876. The van der Waals surface area contributed by atoms with Gasteiger partial charge in [0, 0.05) is 17.8 Å². The largest absolute Gasteiger partial charge is 0.443 e. The molecule has 1 amide bonds. The second kappa shape index (κ2) is 11.5. The van der Waals surface area contributed by atoms with Gasteiger partial charge in [-0.25, -0.2) is 4.79 Å². The van der Waals surface area contributed by atoms with Gasteiger partial charge in [-0.3, -0.25) is 15.0 Å². The van der Waals surface area contributed by atoms with E-state index in [0.717, 1.165) is 37.9 Å². The molecule has 1 heterocycles. The van der Waals surface area contributed by atoms with Crippen molar-refractivity contribution in [1.82, 2.24) is 9.97 Å². The lowest BCUT2D eigenvalue weighted by atomic mass is 10.2. The van der Waals surface area contributed by atoms with E-state index in [4.69, 9.17) is 14.6 Å². The minimum Gasteiger partial charge on any atom is -0.443 e. The Morgan fingerprint density at radius 2 is 2.03 bits per heavy atom. The van der Waals surface area contributed by atoms with Crippen LogP contribution in [0.4, 0.5) is 22.1 Å². The molecule has 2 atom stereocenters. The van der Waals surface area contributed by atoms with Gasteiger partial charge in [0.1, 0.15) is 5.60 Å². The molecule has 2 saturated carbocycles. The third-order valence-corrected chi connectivity index (χ3v) is 6.42.